The summed E-state index contributed by atoms with van der Waals surface area (Å²) in [7, 11) is 0. The van der Waals surface area contributed by atoms with E-state index in [2.05, 4.69) is 28.9 Å². The van der Waals surface area contributed by atoms with Crippen LogP contribution in [0.1, 0.15) is 24.0 Å². The Morgan fingerprint density at radius 1 is 1.55 bits per heavy atom. The molecule has 2 heteroatoms. The van der Waals surface area contributed by atoms with Crippen LogP contribution in [-0.4, -0.2) is 5.11 Å². The second-order valence-corrected chi connectivity index (χ2v) is 3.93. The van der Waals surface area contributed by atoms with E-state index < -0.39 is 0 Å². The van der Waals surface area contributed by atoms with E-state index >= 15 is 0 Å². The molecule has 0 radical (unpaired) electrons. The van der Waals surface area contributed by atoms with Gasteiger partial charge in [-0.3, -0.25) is 0 Å². The molecular weight excluding hydrogens is 204 g/mol. The molecule has 1 atom stereocenters. The van der Waals surface area contributed by atoms with Gasteiger partial charge in [-0.05, 0) is 39.9 Å². The van der Waals surface area contributed by atoms with Gasteiger partial charge in [0.1, 0.15) is 5.75 Å². The van der Waals surface area contributed by atoms with E-state index in [1.807, 2.05) is 6.07 Å². The maximum Gasteiger partial charge on any atom is 0.133 e. The van der Waals surface area contributed by atoms with Gasteiger partial charge in [0.25, 0.3) is 0 Å². The number of hydrogen-bond donors (Lipinski definition) is 1. The molecule has 0 aromatic heterocycles. The highest BCUT2D eigenvalue weighted by atomic mass is 79.9. The van der Waals surface area contributed by atoms with Crippen LogP contribution in [0.4, 0.5) is 0 Å². The molecule has 0 saturated carbocycles. The number of hydrogen-bond acceptors (Lipinski definition) is 1. The molecule has 1 aliphatic rings. The summed E-state index contributed by atoms with van der Waals surface area (Å²) in [5, 5.41) is 9.56. The fraction of sp³-hybridized carbons (Fsp3) is 0.333. The van der Waals surface area contributed by atoms with E-state index in [0.717, 1.165) is 16.5 Å². The van der Waals surface area contributed by atoms with Crippen LogP contribution < -0.4 is 0 Å². The normalized spacial score (nSPS) is 20.7. The molecule has 0 amide bonds. The third-order valence-corrected chi connectivity index (χ3v) is 2.92. The van der Waals surface area contributed by atoms with Gasteiger partial charge in [0.2, 0.25) is 0 Å². The maximum absolute atomic E-state index is 9.56. The van der Waals surface area contributed by atoms with Crippen LogP contribution in [0.15, 0.2) is 16.6 Å². The van der Waals surface area contributed by atoms with Crippen molar-refractivity contribution in [3.8, 4) is 5.75 Å². The van der Waals surface area contributed by atoms with E-state index in [9.17, 15) is 5.11 Å². The van der Waals surface area contributed by atoms with Gasteiger partial charge in [-0.25, -0.2) is 0 Å². The molecule has 2 rings (SSSR count). The predicted molar refractivity (Wildman–Crippen MR) is 47.9 cm³/mol. The topological polar surface area (TPSA) is 20.2 Å². The molecule has 1 aromatic rings. The zero-order valence-corrected chi connectivity index (χ0v) is 7.85. The van der Waals surface area contributed by atoms with Crippen molar-refractivity contribution < 1.29 is 5.11 Å². The molecule has 1 unspecified atom stereocenters. The van der Waals surface area contributed by atoms with Gasteiger partial charge in [0.15, 0.2) is 0 Å². The van der Waals surface area contributed by atoms with Crippen molar-refractivity contribution in [1.29, 1.82) is 0 Å². The molecule has 1 aromatic carbocycles. The van der Waals surface area contributed by atoms with Crippen molar-refractivity contribution in [2.45, 2.75) is 19.3 Å². The lowest BCUT2D eigenvalue weighted by Gasteiger charge is -2.28. The number of phenolic OH excluding ortho intramolecular Hbond substituents is 1. The number of fused-ring (bicyclic) bond motifs is 1. The molecule has 0 bridgehead atoms. The number of aromatic hydroxyl groups is 1. The number of halogens is 1. The third-order valence-electron chi connectivity index (χ3n) is 2.28. The van der Waals surface area contributed by atoms with Crippen LogP contribution in [0.5, 0.6) is 5.75 Å². The highest BCUT2D eigenvalue weighted by Crippen LogP contribution is 2.44. The second-order valence-electron chi connectivity index (χ2n) is 3.07. The van der Waals surface area contributed by atoms with Crippen LogP contribution in [0.2, 0.25) is 0 Å². The van der Waals surface area contributed by atoms with Crippen LogP contribution in [-0.2, 0) is 6.42 Å². The summed E-state index contributed by atoms with van der Waals surface area (Å²) in [5.41, 5.74) is 2.41. The smallest absolute Gasteiger partial charge is 0.133 e. The zero-order chi connectivity index (χ0) is 8.01. The number of rotatable bonds is 0. The largest absolute Gasteiger partial charge is 0.506 e. The lowest BCUT2D eigenvalue weighted by molar-refractivity contribution is 0.448. The van der Waals surface area contributed by atoms with Crippen molar-refractivity contribution in [1.82, 2.24) is 0 Å². The standard InChI is InChI=1S/C9H9BrO/c1-5-4-6-2-3-7(10)9(11)8(5)6/h2-3,5,11H,4H2,1H3. The van der Waals surface area contributed by atoms with Gasteiger partial charge in [0.05, 0.1) is 4.47 Å². The summed E-state index contributed by atoms with van der Waals surface area (Å²) in [6.07, 6.45) is 1.11. The fourth-order valence-corrected chi connectivity index (χ4v) is 2.00. The van der Waals surface area contributed by atoms with Crippen molar-refractivity contribution in [3.63, 3.8) is 0 Å². The predicted octanol–water partition coefficient (Wildman–Crippen LogP) is 2.81. The summed E-state index contributed by atoms with van der Waals surface area (Å²) >= 11 is 3.29. The molecule has 0 saturated heterocycles. The highest BCUT2D eigenvalue weighted by Gasteiger charge is 2.26. The molecule has 1 N–H and O–H groups in total. The van der Waals surface area contributed by atoms with Crippen molar-refractivity contribution in [2.24, 2.45) is 0 Å². The average Bonchev–Trinajstić information content (AvgIpc) is 1.94. The SMILES string of the molecule is CC1Cc2ccc(Br)c(O)c21. The first-order valence-corrected chi connectivity index (χ1v) is 4.49. The number of phenols is 1. The molecule has 0 heterocycles. The molecule has 0 aliphatic heterocycles. The molecule has 58 valence electrons. The quantitative estimate of drug-likeness (QED) is 0.702. The van der Waals surface area contributed by atoms with E-state index in [0.29, 0.717) is 11.7 Å². The monoisotopic (exact) mass is 212 g/mol. The molecule has 11 heavy (non-hydrogen) atoms. The molecular formula is C9H9BrO. The first-order chi connectivity index (χ1) is 5.20. The Bertz CT molecular complexity index is 307. The van der Waals surface area contributed by atoms with E-state index in [4.69, 9.17) is 0 Å². The second kappa shape index (κ2) is 2.24. The molecule has 0 spiro atoms. The molecule has 0 fully saturated rings. The van der Waals surface area contributed by atoms with Crippen molar-refractivity contribution >= 4 is 15.9 Å². The van der Waals surface area contributed by atoms with Gasteiger partial charge in [-0.1, -0.05) is 13.0 Å². The Hall–Kier alpha value is -0.500. The lowest BCUT2D eigenvalue weighted by atomic mass is 9.78. The van der Waals surface area contributed by atoms with Crippen LogP contribution >= 0.6 is 15.9 Å². The number of benzene rings is 1. The zero-order valence-electron chi connectivity index (χ0n) is 6.26. The highest BCUT2D eigenvalue weighted by molar-refractivity contribution is 9.10. The van der Waals surface area contributed by atoms with Gasteiger partial charge in [0, 0.05) is 5.56 Å². The van der Waals surface area contributed by atoms with Gasteiger partial charge in [-0.2, -0.15) is 0 Å². The Kier molecular flexibility index (Phi) is 1.46. The summed E-state index contributed by atoms with van der Waals surface area (Å²) in [6.45, 7) is 2.13. The van der Waals surface area contributed by atoms with Crippen LogP contribution in [0.25, 0.3) is 0 Å². The fourth-order valence-electron chi connectivity index (χ4n) is 1.65. The lowest BCUT2D eigenvalue weighted by Crippen LogP contribution is -2.13. The minimum Gasteiger partial charge on any atom is -0.506 e. The summed E-state index contributed by atoms with van der Waals surface area (Å²) in [6, 6.07) is 3.97. The molecule has 1 nitrogen and oxygen atoms in total. The van der Waals surface area contributed by atoms with E-state index in [1.165, 1.54) is 5.56 Å². The summed E-state index contributed by atoms with van der Waals surface area (Å²) in [4.78, 5) is 0. The summed E-state index contributed by atoms with van der Waals surface area (Å²) < 4.78 is 0.808. The first-order valence-electron chi connectivity index (χ1n) is 3.70. The van der Waals surface area contributed by atoms with Crippen molar-refractivity contribution in [3.05, 3.63) is 27.7 Å². The van der Waals surface area contributed by atoms with E-state index in [1.54, 1.807) is 0 Å². The van der Waals surface area contributed by atoms with Gasteiger partial charge >= 0.3 is 0 Å². The van der Waals surface area contributed by atoms with Gasteiger partial charge < -0.3 is 5.11 Å². The maximum atomic E-state index is 9.56. The Labute approximate surface area is 74.2 Å². The molecule has 1 aliphatic carbocycles. The first kappa shape index (κ1) is 7.17. The van der Waals surface area contributed by atoms with Crippen molar-refractivity contribution in [2.75, 3.05) is 0 Å². The minimum atomic E-state index is 0.432. The Balaban J connectivity index is 2.61. The van der Waals surface area contributed by atoms with Crippen LogP contribution in [0, 0.1) is 0 Å². The third kappa shape index (κ3) is 0.890. The average molecular weight is 213 g/mol. The minimum absolute atomic E-state index is 0.432. The van der Waals surface area contributed by atoms with E-state index in [-0.39, 0.29) is 0 Å². The Morgan fingerprint density at radius 3 is 2.82 bits per heavy atom. The Morgan fingerprint density at radius 2 is 2.27 bits per heavy atom. The summed E-state index contributed by atoms with van der Waals surface area (Å²) in [5.74, 6) is 0.962. The van der Waals surface area contributed by atoms with Crippen LogP contribution in [0.3, 0.4) is 0 Å². The van der Waals surface area contributed by atoms with Gasteiger partial charge in [-0.15, -0.1) is 0 Å².